The molecule has 0 aliphatic carbocycles. The Morgan fingerprint density at radius 3 is 2.60 bits per heavy atom. The normalized spacial score (nSPS) is 13.7. The summed E-state index contributed by atoms with van der Waals surface area (Å²) in [4.78, 5) is 11.4. The van der Waals surface area contributed by atoms with Crippen molar-refractivity contribution in [2.75, 3.05) is 13.7 Å². The van der Waals surface area contributed by atoms with Crippen LogP contribution in [0.4, 0.5) is 4.39 Å². The number of alkyl halides is 1. The summed E-state index contributed by atoms with van der Waals surface area (Å²) in [6.07, 6.45) is -2.02. The number of carbonyl (C=O) groups excluding carboxylic acids is 1. The Hall–Kier alpha value is -0.860. The molecule has 20 heavy (non-hydrogen) atoms. The average molecular weight is 415 g/mol. The number of benzene rings is 1. The van der Waals surface area contributed by atoms with E-state index in [1.807, 2.05) is 0 Å². The minimum atomic E-state index is -2.02. The Morgan fingerprint density at radius 2 is 2.10 bits per heavy atom. The number of phenols is 1. The molecule has 1 aromatic carbocycles. The Labute approximate surface area is 132 Å². The molecule has 0 saturated carbocycles. The third-order valence-electron chi connectivity index (χ3n) is 2.58. The van der Waals surface area contributed by atoms with Crippen LogP contribution in [-0.4, -0.2) is 31.0 Å². The van der Waals surface area contributed by atoms with Gasteiger partial charge in [-0.25, -0.2) is 9.18 Å². The fourth-order valence-corrected chi connectivity index (χ4v) is 2.53. The van der Waals surface area contributed by atoms with Gasteiger partial charge in [-0.1, -0.05) is 0 Å². The summed E-state index contributed by atoms with van der Waals surface area (Å²) in [6.45, 7) is 1.64. The van der Waals surface area contributed by atoms with Crippen molar-refractivity contribution in [3.05, 3.63) is 20.6 Å². The molecule has 0 aliphatic heterocycles. The van der Waals surface area contributed by atoms with Gasteiger partial charge in [0.05, 0.1) is 24.2 Å². The van der Waals surface area contributed by atoms with Crippen LogP contribution in [0.1, 0.15) is 18.5 Å². The first kappa shape index (κ1) is 17.2. The van der Waals surface area contributed by atoms with Crippen molar-refractivity contribution >= 4 is 37.8 Å². The molecule has 112 valence electrons. The van der Waals surface area contributed by atoms with E-state index >= 15 is 0 Å². The SMILES string of the molecule is CCOC(=O)C(F)[C@@H](N)c1cc(OC)c(O)c(Br)c1Br. The summed E-state index contributed by atoms with van der Waals surface area (Å²) in [5.41, 5.74) is 6.02. The summed E-state index contributed by atoms with van der Waals surface area (Å²) in [5, 5.41) is 9.79. The number of aromatic hydroxyl groups is 1. The first-order valence-corrected chi connectivity index (χ1v) is 7.24. The van der Waals surface area contributed by atoms with Gasteiger partial charge in [-0.05, 0) is 50.4 Å². The van der Waals surface area contributed by atoms with Crippen LogP contribution in [0.25, 0.3) is 0 Å². The van der Waals surface area contributed by atoms with E-state index in [1.54, 1.807) is 6.92 Å². The first-order valence-electron chi connectivity index (χ1n) is 5.66. The maximum Gasteiger partial charge on any atom is 0.342 e. The fourth-order valence-electron chi connectivity index (χ4n) is 1.54. The van der Waals surface area contributed by atoms with Crippen LogP contribution in [0.2, 0.25) is 0 Å². The number of phenolic OH excluding ortho intramolecular Hbond substituents is 1. The zero-order valence-electron chi connectivity index (χ0n) is 10.8. The monoisotopic (exact) mass is 413 g/mol. The molecule has 0 aliphatic rings. The van der Waals surface area contributed by atoms with E-state index in [2.05, 4.69) is 36.6 Å². The number of nitrogens with two attached hydrogens (primary N) is 1. The summed E-state index contributed by atoms with van der Waals surface area (Å²) < 4.78 is 24.1. The molecule has 0 aromatic heterocycles. The molecule has 0 fully saturated rings. The average Bonchev–Trinajstić information content (AvgIpc) is 2.44. The number of ether oxygens (including phenoxy) is 2. The lowest BCUT2D eigenvalue weighted by molar-refractivity contribution is -0.149. The standard InChI is InChI=1S/C12H14Br2FNO4/c1-3-20-12(18)9(15)10(16)5-4-6(19-2)11(17)8(14)7(5)13/h4,9-10,17H,3,16H2,1-2H3/t9?,10-/m0/s1. The van der Waals surface area contributed by atoms with Gasteiger partial charge in [0.1, 0.15) is 0 Å². The zero-order chi connectivity index (χ0) is 15.4. The molecule has 0 heterocycles. The largest absolute Gasteiger partial charge is 0.503 e. The van der Waals surface area contributed by atoms with Crippen molar-refractivity contribution in [3.63, 3.8) is 0 Å². The van der Waals surface area contributed by atoms with Crippen LogP contribution in [0.15, 0.2) is 15.0 Å². The van der Waals surface area contributed by atoms with E-state index in [4.69, 9.17) is 10.5 Å². The molecule has 5 nitrogen and oxygen atoms in total. The third kappa shape index (κ3) is 3.42. The quantitative estimate of drug-likeness (QED) is 0.724. The molecule has 3 N–H and O–H groups in total. The van der Waals surface area contributed by atoms with Crippen molar-refractivity contribution < 1.29 is 23.8 Å². The number of halogens is 3. The maximum atomic E-state index is 14.0. The molecular formula is C12H14Br2FNO4. The van der Waals surface area contributed by atoms with Crippen molar-refractivity contribution in [1.82, 2.24) is 0 Å². The number of methoxy groups -OCH3 is 1. The minimum absolute atomic E-state index is 0.0652. The van der Waals surface area contributed by atoms with E-state index in [0.717, 1.165) is 0 Å². The summed E-state index contributed by atoms with van der Waals surface area (Å²) in [5.74, 6) is -1.07. The van der Waals surface area contributed by atoms with Gasteiger partial charge in [0.15, 0.2) is 11.5 Å². The van der Waals surface area contributed by atoms with Crippen molar-refractivity contribution in [1.29, 1.82) is 0 Å². The van der Waals surface area contributed by atoms with Crippen LogP contribution < -0.4 is 10.5 Å². The second kappa shape index (κ2) is 7.24. The van der Waals surface area contributed by atoms with E-state index in [0.29, 0.717) is 4.47 Å². The minimum Gasteiger partial charge on any atom is -0.503 e. The highest BCUT2D eigenvalue weighted by Gasteiger charge is 2.31. The van der Waals surface area contributed by atoms with Gasteiger partial charge in [0.2, 0.25) is 6.17 Å². The highest BCUT2D eigenvalue weighted by Crippen LogP contribution is 2.43. The van der Waals surface area contributed by atoms with Gasteiger partial charge in [-0.15, -0.1) is 0 Å². The smallest absolute Gasteiger partial charge is 0.342 e. The Morgan fingerprint density at radius 1 is 1.50 bits per heavy atom. The summed E-state index contributed by atoms with van der Waals surface area (Å²) >= 11 is 6.33. The van der Waals surface area contributed by atoms with Gasteiger partial charge >= 0.3 is 5.97 Å². The molecule has 8 heteroatoms. The van der Waals surface area contributed by atoms with E-state index in [1.165, 1.54) is 13.2 Å². The lowest BCUT2D eigenvalue weighted by atomic mass is 10.0. The van der Waals surface area contributed by atoms with Gasteiger partial charge in [0.25, 0.3) is 0 Å². The lowest BCUT2D eigenvalue weighted by Crippen LogP contribution is -2.31. The Bertz CT molecular complexity index is 513. The van der Waals surface area contributed by atoms with E-state index in [9.17, 15) is 14.3 Å². The molecular weight excluding hydrogens is 401 g/mol. The van der Waals surface area contributed by atoms with Crippen molar-refractivity contribution in [2.24, 2.45) is 5.73 Å². The van der Waals surface area contributed by atoms with Crippen LogP contribution in [0.5, 0.6) is 11.5 Å². The van der Waals surface area contributed by atoms with Crippen molar-refractivity contribution in [3.8, 4) is 11.5 Å². The van der Waals surface area contributed by atoms with Crippen LogP contribution in [0, 0.1) is 0 Å². The highest BCUT2D eigenvalue weighted by atomic mass is 79.9. The van der Waals surface area contributed by atoms with Crippen LogP contribution in [0.3, 0.4) is 0 Å². The number of hydrogen-bond acceptors (Lipinski definition) is 5. The summed E-state index contributed by atoms with van der Waals surface area (Å²) in [6, 6.07) is 0.106. The maximum absolute atomic E-state index is 14.0. The van der Waals surface area contributed by atoms with E-state index < -0.39 is 18.2 Å². The van der Waals surface area contributed by atoms with Gasteiger partial charge in [0, 0.05) is 4.47 Å². The van der Waals surface area contributed by atoms with E-state index in [-0.39, 0.29) is 28.1 Å². The fraction of sp³-hybridized carbons (Fsp3) is 0.417. The molecule has 1 unspecified atom stereocenters. The number of hydrogen-bond donors (Lipinski definition) is 2. The second-order valence-electron chi connectivity index (χ2n) is 3.82. The number of rotatable bonds is 5. The van der Waals surface area contributed by atoms with Gasteiger partial charge < -0.3 is 20.3 Å². The Balaban J connectivity index is 3.19. The second-order valence-corrected chi connectivity index (χ2v) is 5.41. The number of esters is 1. The van der Waals surface area contributed by atoms with Crippen LogP contribution >= 0.6 is 31.9 Å². The predicted octanol–water partition coefficient (Wildman–Crippen LogP) is 2.83. The lowest BCUT2D eigenvalue weighted by Gasteiger charge is -2.19. The highest BCUT2D eigenvalue weighted by molar-refractivity contribution is 9.13. The molecule has 0 bridgehead atoms. The van der Waals surface area contributed by atoms with Gasteiger partial charge in [-0.2, -0.15) is 0 Å². The zero-order valence-corrected chi connectivity index (χ0v) is 14.0. The molecule has 1 aromatic rings. The third-order valence-corrected chi connectivity index (χ3v) is 4.74. The van der Waals surface area contributed by atoms with Gasteiger partial charge in [-0.3, -0.25) is 0 Å². The van der Waals surface area contributed by atoms with Crippen LogP contribution in [-0.2, 0) is 9.53 Å². The number of carbonyl (C=O) groups is 1. The van der Waals surface area contributed by atoms with Crippen molar-refractivity contribution in [2.45, 2.75) is 19.1 Å². The topological polar surface area (TPSA) is 81.8 Å². The molecule has 0 amide bonds. The molecule has 2 atom stereocenters. The molecule has 1 rings (SSSR count). The first-order chi connectivity index (χ1) is 9.34. The molecule has 0 saturated heterocycles. The predicted molar refractivity (Wildman–Crippen MR) is 78.5 cm³/mol. The summed E-state index contributed by atoms with van der Waals surface area (Å²) in [7, 11) is 1.35. The molecule has 0 radical (unpaired) electrons. The molecule has 0 spiro atoms. The Kier molecular flexibility index (Phi) is 6.22.